The number of ether oxygens (including phenoxy) is 1. The third-order valence-corrected chi connectivity index (χ3v) is 7.26. The molecule has 0 aliphatic heterocycles. The summed E-state index contributed by atoms with van der Waals surface area (Å²) in [6.45, 7) is -0.573. The zero-order valence-corrected chi connectivity index (χ0v) is 18.6. The summed E-state index contributed by atoms with van der Waals surface area (Å²) < 4.78 is 94.1. The fourth-order valence-electron chi connectivity index (χ4n) is 3.41. The van der Waals surface area contributed by atoms with E-state index < -0.39 is 46.6 Å². The number of nitrogens with one attached hydrogen (secondary N) is 1. The Hall–Kier alpha value is -1.76. The quantitative estimate of drug-likeness (QED) is 0.545. The smallest absolute Gasteiger partial charge is 0.380 e. The number of alkyl halides is 6. The predicted octanol–water partition coefficient (Wildman–Crippen LogP) is 4.93. The van der Waals surface area contributed by atoms with Gasteiger partial charge in [-0.25, -0.2) is 0 Å². The number of nitrogens with zero attached hydrogens (tertiary/aromatic N) is 1. The van der Waals surface area contributed by atoms with Crippen molar-refractivity contribution in [2.75, 3.05) is 33.2 Å². The molecule has 0 spiro atoms. The van der Waals surface area contributed by atoms with Crippen LogP contribution in [0, 0.1) is 0 Å². The Morgan fingerprint density at radius 3 is 2.06 bits per heavy atom. The van der Waals surface area contributed by atoms with E-state index in [2.05, 4.69) is 5.32 Å². The van der Waals surface area contributed by atoms with E-state index in [1.54, 1.807) is 21.1 Å². The van der Waals surface area contributed by atoms with Crippen molar-refractivity contribution in [1.82, 2.24) is 5.32 Å². The van der Waals surface area contributed by atoms with Gasteiger partial charge in [-0.15, -0.1) is 22.7 Å². The minimum Gasteiger partial charge on any atom is -0.487 e. The lowest BCUT2D eigenvalue weighted by Crippen LogP contribution is -2.48. The zero-order valence-electron chi connectivity index (χ0n) is 17.0. The van der Waals surface area contributed by atoms with Crippen LogP contribution in [0.2, 0.25) is 0 Å². The van der Waals surface area contributed by atoms with Gasteiger partial charge in [-0.05, 0) is 19.2 Å². The first-order chi connectivity index (χ1) is 14.3. The SMILES string of the molecule is CNCc1cc(C2=C(c3cc(N(C)C)sc3CO)C(F)(F)C(F)(F)C2(F)F)c(OC)s1. The van der Waals surface area contributed by atoms with Crippen LogP contribution in [0.25, 0.3) is 11.1 Å². The maximum absolute atomic E-state index is 15.0. The summed E-state index contributed by atoms with van der Waals surface area (Å²) in [5, 5.41) is 12.6. The Balaban J connectivity index is 2.43. The van der Waals surface area contributed by atoms with Crippen molar-refractivity contribution < 1.29 is 36.2 Å². The van der Waals surface area contributed by atoms with Crippen LogP contribution >= 0.6 is 22.7 Å². The maximum atomic E-state index is 15.0. The van der Waals surface area contributed by atoms with Crippen LogP contribution in [0.15, 0.2) is 12.1 Å². The molecule has 1 aliphatic carbocycles. The van der Waals surface area contributed by atoms with E-state index in [-0.39, 0.29) is 16.5 Å². The summed E-state index contributed by atoms with van der Waals surface area (Å²) >= 11 is 1.75. The monoisotopic (exact) mass is 486 g/mol. The highest BCUT2D eigenvalue weighted by Gasteiger charge is 2.80. The first kappa shape index (κ1) is 23.9. The van der Waals surface area contributed by atoms with E-state index in [0.29, 0.717) is 9.88 Å². The first-order valence-corrected chi connectivity index (χ1v) is 10.6. The van der Waals surface area contributed by atoms with Crippen molar-refractivity contribution in [3.8, 4) is 5.06 Å². The van der Waals surface area contributed by atoms with Crippen LogP contribution in [0.3, 0.4) is 0 Å². The second-order valence-corrected chi connectivity index (χ2v) is 9.31. The van der Waals surface area contributed by atoms with Gasteiger partial charge in [0.2, 0.25) is 0 Å². The number of aliphatic hydroxyl groups is 1. The number of anilines is 1. The molecule has 0 aromatic carbocycles. The van der Waals surface area contributed by atoms with Gasteiger partial charge in [-0.2, -0.15) is 26.3 Å². The van der Waals surface area contributed by atoms with Crippen LogP contribution in [0.4, 0.5) is 31.3 Å². The summed E-state index contributed by atoms with van der Waals surface area (Å²) in [6.07, 6.45) is 0. The summed E-state index contributed by atoms with van der Waals surface area (Å²) in [6, 6.07) is 2.27. The molecule has 0 atom stereocenters. The lowest BCUT2D eigenvalue weighted by molar-refractivity contribution is -0.254. The molecule has 2 aromatic rings. The second kappa shape index (κ2) is 7.98. The molecular weight excluding hydrogens is 466 g/mol. The average molecular weight is 487 g/mol. The van der Waals surface area contributed by atoms with Crippen molar-refractivity contribution in [2.45, 2.75) is 30.9 Å². The molecule has 0 amide bonds. The van der Waals surface area contributed by atoms with Gasteiger partial charge in [-0.1, -0.05) is 0 Å². The van der Waals surface area contributed by atoms with Gasteiger partial charge in [0.1, 0.15) is 0 Å². The molecule has 2 heterocycles. The number of halogens is 6. The van der Waals surface area contributed by atoms with Crippen LogP contribution < -0.4 is 15.0 Å². The summed E-state index contributed by atoms with van der Waals surface area (Å²) in [5.41, 5.74) is -4.04. The molecule has 0 radical (unpaired) electrons. The Kier molecular flexibility index (Phi) is 6.15. The van der Waals surface area contributed by atoms with E-state index in [4.69, 9.17) is 4.74 Å². The lowest BCUT2D eigenvalue weighted by atomic mass is 9.96. The minimum absolute atomic E-state index is 0.117. The molecule has 2 N–H and O–H groups in total. The molecule has 1 aliphatic rings. The molecule has 0 bridgehead atoms. The van der Waals surface area contributed by atoms with Crippen LogP contribution in [-0.4, -0.2) is 51.1 Å². The van der Waals surface area contributed by atoms with E-state index in [9.17, 15) is 31.4 Å². The molecule has 3 rings (SSSR count). The van der Waals surface area contributed by atoms with Gasteiger partial charge in [0, 0.05) is 52.7 Å². The molecule has 4 nitrogen and oxygen atoms in total. The standard InChI is InChI=1S/C19H20F6N2O2S2/c1-26-7-9-5-11(16(29-4)30-9)15-14(17(20,21)19(24,25)18(15,22)23)10-6-13(27(2)3)31-12(10)8-28/h5-6,26,28H,7-8H2,1-4H3. The van der Waals surface area contributed by atoms with Crippen molar-refractivity contribution in [2.24, 2.45) is 0 Å². The fraction of sp³-hybridized carbons (Fsp3) is 0.474. The van der Waals surface area contributed by atoms with E-state index in [1.165, 1.54) is 4.90 Å². The summed E-state index contributed by atoms with van der Waals surface area (Å²) in [4.78, 5) is 1.83. The van der Waals surface area contributed by atoms with Crippen LogP contribution in [-0.2, 0) is 13.2 Å². The van der Waals surface area contributed by atoms with Crippen molar-refractivity contribution in [1.29, 1.82) is 0 Å². The molecule has 0 unspecified atom stereocenters. The van der Waals surface area contributed by atoms with E-state index >= 15 is 0 Å². The first-order valence-electron chi connectivity index (χ1n) is 8.96. The largest absolute Gasteiger partial charge is 0.487 e. The second-order valence-electron chi connectivity index (χ2n) is 7.10. The van der Waals surface area contributed by atoms with Gasteiger partial charge in [-0.3, -0.25) is 0 Å². The van der Waals surface area contributed by atoms with Crippen molar-refractivity contribution in [3.63, 3.8) is 0 Å². The summed E-state index contributed by atoms with van der Waals surface area (Å²) in [7, 11) is 5.89. The molecule has 172 valence electrons. The highest BCUT2D eigenvalue weighted by molar-refractivity contribution is 7.16. The number of methoxy groups -OCH3 is 1. The Bertz CT molecular complexity index is 1010. The fourth-order valence-corrected chi connectivity index (χ4v) is 5.34. The number of aliphatic hydroxyl groups excluding tert-OH is 1. The van der Waals surface area contributed by atoms with E-state index in [1.807, 2.05) is 0 Å². The predicted molar refractivity (Wildman–Crippen MR) is 110 cm³/mol. The molecule has 31 heavy (non-hydrogen) atoms. The Labute approximate surface area is 182 Å². The number of rotatable bonds is 7. The molecule has 2 aromatic heterocycles. The third kappa shape index (κ3) is 3.43. The number of allylic oxidation sites excluding steroid dienone is 2. The number of hydrogen-bond donors (Lipinski definition) is 2. The highest BCUT2D eigenvalue weighted by atomic mass is 32.1. The lowest BCUT2D eigenvalue weighted by Gasteiger charge is -2.25. The van der Waals surface area contributed by atoms with E-state index in [0.717, 1.165) is 41.9 Å². The molecule has 0 fully saturated rings. The maximum Gasteiger partial charge on any atom is 0.380 e. The molecule has 0 saturated heterocycles. The van der Waals surface area contributed by atoms with Gasteiger partial charge in [0.25, 0.3) is 0 Å². The molecule has 12 heteroatoms. The topological polar surface area (TPSA) is 44.7 Å². The van der Waals surface area contributed by atoms with Gasteiger partial charge >= 0.3 is 17.8 Å². The number of hydrogen-bond acceptors (Lipinski definition) is 6. The van der Waals surface area contributed by atoms with Crippen molar-refractivity contribution in [3.05, 3.63) is 33.0 Å². The van der Waals surface area contributed by atoms with Gasteiger partial charge < -0.3 is 20.1 Å². The average Bonchev–Trinajstić information content (AvgIpc) is 3.31. The summed E-state index contributed by atoms with van der Waals surface area (Å²) in [5.74, 6) is -16.0. The highest BCUT2D eigenvalue weighted by Crippen LogP contribution is 2.66. The third-order valence-electron chi connectivity index (χ3n) is 4.87. The Morgan fingerprint density at radius 2 is 1.58 bits per heavy atom. The van der Waals surface area contributed by atoms with Gasteiger partial charge in [0.15, 0.2) is 5.06 Å². The molecule has 0 saturated carbocycles. The van der Waals surface area contributed by atoms with Crippen LogP contribution in [0.5, 0.6) is 5.06 Å². The normalized spacial score (nSPS) is 19.2. The zero-order chi connectivity index (χ0) is 23.4. The minimum atomic E-state index is -5.67. The van der Waals surface area contributed by atoms with Crippen molar-refractivity contribution >= 4 is 38.8 Å². The molecular formula is C19H20F6N2O2S2. The van der Waals surface area contributed by atoms with Crippen LogP contribution in [0.1, 0.15) is 20.9 Å². The number of thiophene rings is 2. The Morgan fingerprint density at radius 1 is 1.00 bits per heavy atom. The van der Waals surface area contributed by atoms with Gasteiger partial charge in [0.05, 0.1) is 18.7 Å².